The van der Waals surface area contributed by atoms with Crippen LogP contribution in [-0.4, -0.2) is 88.0 Å². The summed E-state index contributed by atoms with van der Waals surface area (Å²) < 4.78 is 5.32. The van der Waals surface area contributed by atoms with Gasteiger partial charge in [0.2, 0.25) is 17.7 Å². The topological polar surface area (TPSA) is 166 Å². The van der Waals surface area contributed by atoms with Gasteiger partial charge in [0.1, 0.15) is 17.7 Å². The zero-order chi connectivity index (χ0) is 32.9. The van der Waals surface area contributed by atoms with Crippen molar-refractivity contribution >= 4 is 35.6 Å². The summed E-state index contributed by atoms with van der Waals surface area (Å²) in [5, 5.41) is 32.7. The number of aliphatic hydroxyl groups is 2. The Bertz CT molecular complexity index is 896. The molecule has 0 aromatic rings. The van der Waals surface area contributed by atoms with Crippen LogP contribution >= 0.6 is 11.8 Å². The molecule has 2 unspecified atom stereocenters. The van der Waals surface area contributed by atoms with Crippen molar-refractivity contribution in [2.45, 2.75) is 142 Å². The minimum absolute atomic E-state index is 0.128. The first kappa shape index (κ1) is 39.0. The molecule has 1 saturated carbocycles. The summed E-state index contributed by atoms with van der Waals surface area (Å²) in [6, 6.07) is -2.74. The Morgan fingerprint density at radius 3 is 2.07 bits per heavy atom. The van der Waals surface area contributed by atoms with Crippen molar-refractivity contribution in [1.82, 2.24) is 21.3 Å². The summed E-state index contributed by atoms with van der Waals surface area (Å²) >= 11 is 1.54. The molecular formula is C31H58N4O7S. The Labute approximate surface area is 262 Å². The van der Waals surface area contributed by atoms with Crippen molar-refractivity contribution in [3.63, 3.8) is 0 Å². The summed E-state index contributed by atoms with van der Waals surface area (Å²) in [6.45, 7) is 14.5. The maximum atomic E-state index is 13.5. The number of amides is 4. The number of aliphatic hydroxyl groups excluding tert-OH is 2. The average molecular weight is 631 g/mol. The van der Waals surface area contributed by atoms with E-state index in [0.29, 0.717) is 25.0 Å². The Morgan fingerprint density at radius 1 is 0.907 bits per heavy atom. The monoisotopic (exact) mass is 630 g/mol. The summed E-state index contributed by atoms with van der Waals surface area (Å²) in [7, 11) is 0. The Kier molecular flexibility index (Phi) is 16.9. The molecule has 0 saturated heterocycles. The SMILES string of the molecule is CSCCC(NC(=O)C(NC(=O)OC(C)(C)C)C(C)C)C(=O)N[C@@H](CC(C)C)[C@@H](O)C[C@@H](C)C(=O)N[C@H]1CCCC[C@@H]1O. The van der Waals surface area contributed by atoms with Crippen LogP contribution in [0.5, 0.6) is 0 Å². The first-order chi connectivity index (χ1) is 19.9. The third kappa shape index (κ3) is 15.0. The van der Waals surface area contributed by atoms with Crippen molar-refractivity contribution in [3.05, 3.63) is 0 Å². The molecule has 1 fully saturated rings. The van der Waals surface area contributed by atoms with Gasteiger partial charge < -0.3 is 36.2 Å². The molecule has 1 aliphatic carbocycles. The number of rotatable bonds is 16. The fourth-order valence-electron chi connectivity index (χ4n) is 5.08. The predicted octanol–water partition coefficient (Wildman–Crippen LogP) is 3.11. The maximum absolute atomic E-state index is 13.5. The molecule has 0 radical (unpaired) electrons. The van der Waals surface area contributed by atoms with Gasteiger partial charge in [-0.05, 0) is 76.7 Å². The highest BCUT2D eigenvalue weighted by atomic mass is 32.2. The van der Waals surface area contributed by atoms with E-state index in [1.165, 1.54) is 11.8 Å². The van der Waals surface area contributed by atoms with E-state index in [4.69, 9.17) is 4.74 Å². The van der Waals surface area contributed by atoms with Crippen molar-refractivity contribution in [3.8, 4) is 0 Å². The van der Waals surface area contributed by atoms with Crippen molar-refractivity contribution in [2.24, 2.45) is 17.8 Å². The molecule has 0 aromatic heterocycles. The molecule has 12 heteroatoms. The van der Waals surface area contributed by atoms with Gasteiger partial charge in [0, 0.05) is 5.92 Å². The van der Waals surface area contributed by atoms with Crippen molar-refractivity contribution < 1.29 is 34.1 Å². The standard InChI is InChI=1S/C31H58N4O7S/c1-18(2)16-23(25(37)17-20(5)27(38)32-21-12-10-11-13-24(21)36)34-28(39)22(14-15-43-9)33-29(40)26(19(3)4)35-30(41)42-31(6,7)8/h18-26,36-37H,10-17H2,1-9H3,(H,32,38)(H,33,40)(H,34,39)(H,35,41)/t20-,21+,22?,23+,24+,25+,26?/m1/s1. The van der Waals surface area contributed by atoms with Gasteiger partial charge in [0.15, 0.2) is 0 Å². The molecule has 1 aliphatic rings. The van der Waals surface area contributed by atoms with Crippen LogP contribution in [-0.2, 0) is 19.1 Å². The fraction of sp³-hybridized carbons (Fsp3) is 0.871. The predicted molar refractivity (Wildman–Crippen MR) is 171 cm³/mol. The first-order valence-electron chi connectivity index (χ1n) is 15.7. The van der Waals surface area contributed by atoms with Crippen LogP contribution < -0.4 is 21.3 Å². The van der Waals surface area contributed by atoms with Gasteiger partial charge in [-0.3, -0.25) is 14.4 Å². The van der Waals surface area contributed by atoms with Crippen LogP contribution in [0.4, 0.5) is 4.79 Å². The van der Waals surface area contributed by atoms with Crippen molar-refractivity contribution in [2.75, 3.05) is 12.0 Å². The minimum atomic E-state index is -1.00. The lowest BCUT2D eigenvalue weighted by atomic mass is 9.90. The van der Waals surface area contributed by atoms with Crippen LogP contribution in [0.3, 0.4) is 0 Å². The van der Waals surface area contributed by atoms with Crippen LogP contribution in [0.1, 0.15) is 100 Å². The smallest absolute Gasteiger partial charge is 0.408 e. The first-order valence-corrected chi connectivity index (χ1v) is 17.1. The van der Waals surface area contributed by atoms with Gasteiger partial charge >= 0.3 is 6.09 Å². The molecule has 0 bridgehead atoms. The molecule has 7 atom stereocenters. The number of carbonyl (C=O) groups excluding carboxylic acids is 4. The van der Waals surface area contributed by atoms with Crippen LogP contribution in [0, 0.1) is 17.8 Å². The van der Waals surface area contributed by atoms with E-state index in [9.17, 15) is 29.4 Å². The van der Waals surface area contributed by atoms with E-state index in [2.05, 4.69) is 21.3 Å². The molecular weight excluding hydrogens is 572 g/mol. The highest BCUT2D eigenvalue weighted by Crippen LogP contribution is 2.21. The van der Waals surface area contributed by atoms with E-state index in [1.54, 1.807) is 41.5 Å². The number of nitrogens with one attached hydrogen (secondary N) is 4. The zero-order valence-corrected chi connectivity index (χ0v) is 28.5. The Hall–Kier alpha value is -2.05. The zero-order valence-electron chi connectivity index (χ0n) is 27.7. The van der Waals surface area contributed by atoms with E-state index in [0.717, 1.165) is 19.3 Å². The molecule has 0 aromatic carbocycles. The number of ether oxygens (including phenoxy) is 1. The third-order valence-corrected chi connectivity index (χ3v) is 8.13. The number of thioether (sulfide) groups is 1. The number of carbonyl (C=O) groups is 4. The maximum Gasteiger partial charge on any atom is 0.408 e. The second-order valence-electron chi connectivity index (χ2n) is 13.6. The van der Waals surface area contributed by atoms with E-state index < -0.39 is 59.8 Å². The van der Waals surface area contributed by atoms with Gasteiger partial charge in [0.05, 0.1) is 24.3 Å². The lowest BCUT2D eigenvalue weighted by Gasteiger charge is -2.32. The molecule has 4 amide bonds. The molecule has 0 spiro atoms. The Balaban J connectivity index is 2.96. The molecule has 1 rings (SSSR count). The van der Waals surface area contributed by atoms with Gasteiger partial charge in [0.25, 0.3) is 0 Å². The summed E-state index contributed by atoms with van der Waals surface area (Å²) in [6.07, 6.45) is 3.84. The Morgan fingerprint density at radius 2 is 1.53 bits per heavy atom. The van der Waals surface area contributed by atoms with Crippen LogP contribution in [0.25, 0.3) is 0 Å². The van der Waals surface area contributed by atoms with Crippen molar-refractivity contribution in [1.29, 1.82) is 0 Å². The molecule has 250 valence electrons. The lowest BCUT2D eigenvalue weighted by Crippen LogP contribution is -2.58. The highest BCUT2D eigenvalue weighted by Gasteiger charge is 2.33. The van der Waals surface area contributed by atoms with E-state index in [-0.39, 0.29) is 30.2 Å². The summed E-state index contributed by atoms with van der Waals surface area (Å²) in [5.74, 6) is -1.23. The van der Waals surface area contributed by atoms with Crippen LogP contribution in [0.15, 0.2) is 0 Å². The molecule has 43 heavy (non-hydrogen) atoms. The summed E-state index contributed by atoms with van der Waals surface area (Å²) in [4.78, 5) is 52.1. The lowest BCUT2D eigenvalue weighted by molar-refractivity contribution is -0.131. The normalized spacial score (nSPS) is 20.9. The second-order valence-corrected chi connectivity index (χ2v) is 14.6. The molecule has 0 aliphatic heterocycles. The second kappa shape index (κ2) is 18.7. The fourth-order valence-corrected chi connectivity index (χ4v) is 5.55. The quantitative estimate of drug-likeness (QED) is 0.151. The van der Waals surface area contributed by atoms with Crippen LogP contribution in [0.2, 0.25) is 0 Å². The van der Waals surface area contributed by atoms with E-state index in [1.807, 2.05) is 20.1 Å². The molecule has 11 nitrogen and oxygen atoms in total. The highest BCUT2D eigenvalue weighted by molar-refractivity contribution is 7.98. The van der Waals surface area contributed by atoms with Gasteiger partial charge in [-0.1, -0.05) is 47.5 Å². The number of hydrogen-bond donors (Lipinski definition) is 6. The molecule has 0 heterocycles. The summed E-state index contributed by atoms with van der Waals surface area (Å²) in [5.41, 5.74) is -0.732. The van der Waals surface area contributed by atoms with Gasteiger partial charge in [-0.15, -0.1) is 0 Å². The van der Waals surface area contributed by atoms with Gasteiger partial charge in [-0.2, -0.15) is 11.8 Å². The largest absolute Gasteiger partial charge is 0.444 e. The molecule has 6 N–H and O–H groups in total. The average Bonchev–Trinajstić information content (AvgIpc) is 2.88. The van der Waals surface area contributed by atoms with Gasteiger partial charge in [-0.25, -0.2) is 4.79 Å². The third-order valence-electron chi connectivity index (χ3n) is 7.48. The number of hydrogen-bond acceptors (Lipinski definition) is 8. The van der Waals surface area contributed by atoms with E-state index >= 15 is 0 Å². The number of alkyl carbamates (subject to hydrolysis) is 1. The minimum Gasteiger partial charge on any atom is -0.444 e.